The second-order valence-corrected chi connectivity index (χ2v) is 8.91. The average Bonchev–Trinajstić information content (AvgIpc) is 3.09. The average molecular weight is 421 g/mol. The Kier molecular flexibility index (Phi) is 6.46. The zero-order valence-electron chi connectivity index (χ0n) is 15.6. The van der Waals surface area contributed by atoms with Crippen LogP contribution in [-0.2, 0) is 13.0 Å². The Morgan fingerprint density at radius 1 is 1.25 bits per heavy atom. The number of alkyl halides is 1. The number of nitrogens with zero attached hydrogens (tertiary/aromatic N) is 5. The smallest absolute Gasteiger partial charge is 0.316 e. The fourth-order valence-electron chi connectivity index (χ4n) is 2.34. The molecule has 0 aliphatic carbocycles. The maximum atomic E-state index is 13.5. The predicted molar refractivity (Wildman–Crippen MR) is 109 cm³/mol. The van der Waals surface area contributed by atoms with E-state index in [2.05, 4.69) is 36.2 Å². The zero-order chi connectivity index (χ0) is 20.1. The van der Waals surface area contributed by atoms with Gasteiger partial charge in [-0.25, -0.2) is 24.0 Å². The fourth-order valence-corrected chi connectivity index (χ4v) is 3.43. The highest BCUT2D eigenvalue weighted by Crippen LogP contribution is 2.21. The van der Waals surface area contributed by atoms with Crippen molar-refractivity contribution in [1.82, 2.24) is 24.7 Å². The molecule has 3 aromatic heterocycles. The second-order valence-electron chi connectivity index (χ2n) is 6.51. The minimum absolute atomic E-state index is 0.0801. The molecule has 7 nitrogen and oxygen atoms in total. The number of aromatic nitrogens is 5. The molecule has 0 aromatic carbocycles. The van der Waals surface area contributed by atoms with Gasteiger partial charge in [0.15, 0.2) is 5.41 Å². The van der Waals surface area contributed by atoms with Crippen LogP contribution in [0.4, 0.5) is 4.39 Å². The van der Waals surface area contributed by atoms with Crippen LogP contribution in [0.1, 0.15) is 30.2 Å². The van der Waals surface area contributed by atoms with Crippen LogP contribution in [0.25, 0.3) is 11.3 Å². The van der Waals surface area contributed by atoms with Crippen molar-refractivity contribution in [1.29, 1.82) is 0 Å². The lowest BCUT2D eigenvalue weighted by molar-refractivity contribution is 0.172. The van der Waals surface area contributed by atoms with Gasteiger partial charge >= 0.3 is 6.01 Å². The number of hydrogen-bond donors (Lipinski definition) is 0. The van der Waals surface area contributed by atoms with Crippen molar-refractivity contribution in [3.63, 3.8) is 0 Å². The lowest BCUT2D eigenvalue weighted by Crippen LogP contribution is -2.22. The molecular weight excluding hydrogens is 400 g/mol. The Morgan fingerprint density at radius 3 is 2.68 bits per heavy atom. The van der Waals surface area contributed by atoms with Crippen LogP contribution < -0.4 is 10.3 Å². The molecule has 10 heteroatoms. The normalized spacial score (nSPS) is 13.3. The first-order chi connectivity index (χ1) is 13.3. The van der Waals surface area contributed by atoms with Crippen molar-refractivity contribution in [2.45, 2.75) is 38.6 Å². The number of hydrogen-bond acceptors (Lipinski definition) is 7. The van der Waals surface area contributed by atoms with E-state index in [4.69, 9.17) is 4.74 Å². The summed E-state index contributed by atoms with van der Waals surface area (Å²) in [5, 5.41) is 3.91. The number of ether oxygens (including phenoxy) is 1. The highest BCUT2D eigenvalue weighted by Gasteiger charge is 2.17. The van der Waals surface area contributed by atoms with Gasteiger partial charge in [-0.15, -0.1) is 11.3 Å². The minimum Gasteiger partial charge on any atom is -0.460 e. The van der Waals surface area contributed by atoms with Gasteiger partial charge < -0.3 is 4.74 Å². The third-order valence-electron chi connectivity index (χ3n) is 3.64. The molecule has 0 aliphatic heterocycles. The first-order valence-electron chi connectivity index (χ1n) is 8.79. The van der Waals surface area contributed by atoms with Crippen molar-refractivity contribution < 1.29 is 9.13 Å². The highest BCUT2D eigenvalue weighted by molar-refractivity contribution is 7.18. The van der Waals surface area contributed by atoms with Gasteiger partial charge in [0, 0.05) is 35.1 Å². The maximum Gasteiger partial charge on any atom is 0.316 e. The molecule has 0 saturated heterocycles. The van der Waals surface area contributed by atoms with Gasteiger partial charge in [-0.3, -0.25) is 4.79 Å². The lowest BCUT2D eigenvalue weighted by Gasteiger charge is -2.13. The quantitative estimate of drug-likeness (QED) is 0.520. The predicted octanol–water partition coefficient (Wildman–Crippen LogP) is 3.10. The second kappa shape index (κ2) is 8.84. The van der Waals surface area contributed by atoms with Crippen LogP contribution >= 0.6 is 20.6 Å². The maximum absolute atomic E-state index is 13.5. The molecule has 0 N–H and O–H groups in total. The molecule has 0 radical (unpaired) electrons. The van der Waals surface area contributed by atoms with Crippen molar-refractivity contribution in [2.24, 2.45) is 0 Å². The third-order valence-corrected chi connectivity index (χ3v) is 4.85. The Balaban J connectivity index is 1.75. The van der Waals surface area contributed by atoms with Gasteiger partial charge in [0.05, 0.1) is 17.2 Å². The molecule has 0 saturated carbocycles. The Bertz CT molecular complexity index is 985. The lowest BCUT2D eigenvalue weighted by atomic mass is 10.2. The monoisotopic (exact) mass is 421 g/mol. The SMILES string of the molecule is CCCc1ncc(Cn2nc(-c3cnc(OCC(C)(F)P)nc3)ccc2=O)s1. The largest absolute Gasteiger partial charge is 0.460 e. The van der Waals surface area contributed by atoms with Crippen LogP contribution in [0, 0.1) is 0 Å². The number of rotatable bonds is 8. The Labute approximate surface area is 168 Å². The van der Waals surface area contributed by atoms with Crippen molar-refractivity contribution >= 4 is 20.6 Å². The molecule has 3 heterocycles. The van der Waals surface area contributed by atoms with E-state index < -0.39 is 5.41 Å². The van der Waals surface area contributed by atoms with E-state index in [-0.39, 0.29) is 18.2 Å². The van der Waals surface area contributed by atoms with Gasteiger partial charge in [0.2, 0.25) is 0 Å². The fraction of sp³-hybridized carbons (Fsp3) is 0.389. The van der Waals surface area contributed by atoms with Gasteiger partial charge in [0.25, 0.3) is 5.56 Å². The summed E-state index contributed by atoms with van der Waals surface area (Å²) in [6.45, 7) is 3.67. The highest BCUT2D eigenvalue weighted by atomic mass is 32.1. The molecule has 0 spiro atoms. The van der Waals surface area contributed by atoms with E-state index in [0.717, 1.165) is 22.7 Å². The molecule has 0 bridgehead atoms. The van der Waals surface area contributed by atoms with Crippen LogP contribution in [0.2, 0.25) is 0 Å². The van der Waals surface area contributed by atoms with E-state index in [1.54, 1.807) is 23.6 Å². The molecule has 2 atom stereocenters. The molecule has 148 valence electrons. The number of halogens is 1. The molecular formula is C18H21FN5O2PS. The number of aryl methyl sites for hydroxylation is 1. The van der Waals surface area contributed by atoms with Crippen LogP contribution in [-0.4, -0.2) is 36.7 Å². The molecule has 28 heavy (non-hydrogen) atoms. The van der Waals surface area contributed by atoms with Crippen molar-refractivity contribution in [3.05, 3.63) is 51.0 Å². The summed E-state index contributed by atoms with van der Waals surface area (Å²) in [7, 11) is 2.05. The molecule has 0 amide bonds. The first-order valence-corrected chi connectivity index (χ1v) is 10.2. The van der Waals surface area contributed by atoms with Crippen LogP contribution in [0.15, 0.2) is 35.5 Å². The van der Waals surface area contributed by atoms with Gasteiger partial charge in [-0.05, 0) is 25.8 Å². The first kappa shape index (κ1) is 20.5. The van der Waals surface area contributed by atoms with Gasteiger partial charge in [0.1, 0.15) is 6.61 Å². The molecule has 0 aliphatic rings. The molecule has 0 fully saturated rings. The summed E-state index contributed by atoms with van der Waals surface area (Å²) >= 11 is 1.59. The van der Waals surface area contributed by atoms with Crippen molar-refractivity contribution in [2.75, 3.05) is 6.61 Å². The van der Waals surface area contributed by atoms with Crippen LogP contribution in [0.5, 0.6) is 6.01 Å². The molecule has 3 rings (SSSR count). The summed E-state index contributed by atoms with van der Waals surface area (Å²) in [4.78, 5) is 25.7. The summed E-state index contributed by atoms with van der Waals surface area (Å²) in [5.74, 6) is 0. The van der Waals surface area contributed by atoms with Gasteiger partial charge in [-0.1, -0.05) is 16.2 Å². The summed E-state index contributed by atoms with van der Waals surface area (Å²) in [6.07, 6.45) is 6.81. The zero-order valence-corrected chi connectivity index (χ0v) is 17.6. The van der Waals surface area contributed by atoms with E-state index >= 15 is 0 Å². The van der Waals surface area contributed by atoms with E-state index in [1.807, 2.05) is 0 Å². The van der Waals surface area contributed by atoms with Crippen LogP contribution in [0.3, 0.4) is 0 Å². The Morgan fingerprint density at radius 2 is 2.00 bits per heavy atom. The number of thiazole rings is 1. The Hall–Kier alpha value is -2.25. The minimum atomic E-state index is -1.55. The molecule has 3 aromatic rings. The standard InChI is InChI=1S/C18H21FN5O2PS/c1-3-4-15-20-9-13(28-15)10-24-16(25)6-5-14(23-24)12-7-21-17(22-8-12)26-11-18(2,19)27/h5-9H,3-4,10-11,27H2,1-2H3. The van der Waals surface area contributed by atoms with E-state index in [9.17, 15) is 9.18 Å². The summed E-state index contributed by atoms with van der Waals surface area (Å²) < 4.78 is 20.1. The summed E-state index contributed by atoms with van der Waals surface area (Å²) in [6, 6.07) is 3.16. The van der Waals surface area contributed by atoms with Crippen molar-refractivity contribution in [3.8, 4) is 17.3 Å². The van der Waals surface area contributed by atoms with Gasteiger partial charge in [-0.2, -0.15) is 5.10 Å². The summed E-state index contributed by atoms with van der Waals surface area (Å²) in [5.41, 5.74) is 0.995. The van der Waals surface area contributed by atoms with E-state index in [1.165, 1.54) is 30.1 Å². The molecule has 2 unspecified atom stereocenters. The third kappa shape index (κ3) is 5.62. The van der Waals surface area contributed by atoms with E-state index in [0.29, 0.717) is 17.8 Å². The topological polar surface area (TPSA) is 82.8 Å².